The van der Waals surface area contributed by atoms with Crippen LogP contribution in [0.1, 0.15) is 31.9 Å². The summed E-state index contributed by atoms with van der Waals surface area (Å²) in [5.41, 5.74) is 2.59. The van der Waals surface area contributed by atoms with Crippen LogP contribution in [0.2, 0.25) is 0 Å². The Kier molecular flexibility index (Phi) is 4.87. The van der Waals surface area contributed by atoms with E-state index in [0.29, 0.717) is 12.0 Å². The standard InChI is InChI=1S/C15H23BrN2O/c1-10-9-18(7-6-15(10)19)14-5-4-12(16)8-13(14)11(2)17-3/h4-5,8,10-11,15,17,19H,6-7,9H2,1-3H3. The third-order valence-electron chi connectivity index (χ3n) is 4.09. The van der Waals surface area contributed by atoms with Gasteiger partial charge in [0.15, 0.2) is 0 Å². The number of piperidine rings is 1. The lowest BCUT2D eigenvalue weighted by Crippen LogP contribution is -2.42. The van der Waals surface area contributed by atoms with Crippen LogP contribution in [-0.4, -0.2) is 31.3 Å². The molecule has 1 saturated heterocycles. The molecule has 3 nitrogen and oxygen atoms in total. The number of hydrogen-bond donors (Lipinski definition) is 2. The largest absolute Gasteiger partial charge is 0.393 e. The van der Waals surface area contributed by atoms with Crippen molar-refractivity contribution < 1.29 is 5.11 Å². The molecule has 2 N–H and O–H groups in total. The van der Waals surface area contributed by atoms with Crippen molar-refractivity contribution in [1.29, 1.82) is 0 Å². The topological polar surface area (TPSA) is 35.5 Å². The van der Waals surface area contributed by atoms with E-state index in [1.807, 2.05) is 7.05 Å². The van der Waals surface area contributed by atoms with E-state index in [1.165, 1.54) is 11.3 Å². The molecule has 4 heteroatoms. The lowest BCUT2D eigenvalue weighted by molar-refractivity contribution is 0.0970. The summed E-state index contributed by atoms with van der Waals surface area (Å²) in [5, 5.41) is 13.2. The van der Waals surface area contributed by atoms with Crippen LogP contribution in [0, 0.1) is 5.92 Å². The van der Waals surface area contributed by atoms with Gasteiger partial charge in [0, 0.05) is 29.3 Å². The predicted octanol–water partition coefficient (Wildman–Crippen LogP) is 2.94. The van der Waals surface area contributed by atoms with Gasteiger partial charge in [0.05, 0.1) is 6.10 Å². The molecule has 0 radical (unpaired) electrons. The normalized spacial score (nSPS) is 25.4. The molecular formula is C15H23BrN2O. The minimum Gasteiger partial charge on any atom is -0.393 e. The Morgan fingerprint density at radius 2 is 2.21 bits per heavy atom. The van der Waals surface area contributed by atoms with E-state index in [0.717, 1.165) is 24.0 Å². The molecule has 1 aromatic rings. The van der Waals surface area contributed by atoms with Crippen LogP contribution in [0.3, 0.4) is 0 Å². The Morgan fingerprint density at radius 3 is 2.84 bits per heavy atom. The number of hydrogen-bond acceptors (Lipinski definition) is 3. The summed E-state index contributed by atoms with van der Waals surface area (Å²) in [6.45, 7) is 6.15. The van der Waals surface area contributed by atoms with Gasteiger partial charge in [-0.2, -0.15) is 0 Å². The second-order valence-corrected chi connectivity index (χ2v) is 6.41. The van der Waals surface area contributed by atoms with Gasteiger partial charge < -0.3 is 15.3 Å². The summed E-state index contributed by atoms with van der Waals surface area (Å²) in [6, 6.07) is 6.77. The van der Waals surface area contributed by atoms with Crippen molar-refractivity contribution in [3.8, 4) is 0 Å². The van der Waals surface area contributed by atoms with Gasteiger partial charge in [-0.3, -0.25) is 0 Å². The van der Waals surface area contributed by atoms with Crippen LogP contribution >= 0.6 is 15.9 Å². The molecule has 0 aliphatic carbocycles. The minimum absolute atomic E-state index is 0.156. The second kappa shape index (κ2) is 6.25. The quantitative estimate of drug-likeness (QED) is 0.896. The van der Waals surface area contributed by atoms with Crippen LogP contribution in [0.25, 0.3) is 0 Å². The van der Waals surface area contributed by atoms with Gasteiger partial charge in [0.25, 0.3) is 0 Å². The van der Waals surface area contributed by atoms with Crippen molar-refractivity contribution in [2.24, 2.45) is 5.92 Å². The minimum atomic E-state index is -0.156. The molecule has 106 valence electrons. The van der Waals surface area contributed by atoms with Gasteiger partial charge in [0.1, 0.15) is 0 Å². The highest BCUT2D eigenvalue weighted by Crippen LogP contribution is 2.32. The zero-order valence-electron chi connectivity index (χ0n) is 11.9. The summed E-state index contributed by atoms with van der Waals surface area (Å²) in [4.78, 5) is 2.40. The Labute approximate surface area is 124 Å². The van der Waals surface area contributed by atoms with E-state index in [9.17, 15) is 5.11 Å². The van der Waals surface area contributed by atoms with Crippen molar-refractivity contribution in [1.82, 2.24) is 5.32 Å². The van der Waals surface area contributed by atoms with Gasteiger partial charge in [-0.25, -0.2) is 0 Å². The highest BCUT2D eigenvalue weighted by atomic mass is 79.9. The maximum atomic E-state index is 9.86. The monoisotopic (exact) mass is 326 g/mol. The first-order valence-electron chi connectivity index (χ1n) is 6.92. The van der Waals surface area contributed by atoms with E-state index >= 15 is 0 Å². The molecule has 3 unspecified atom stereocenters. The van der Waals surface area contributed by atoms with E-state index in [1.54, 1.807) is 0 Å². The molecule has 0 aromatic heterocycles. The van der Waals surface area contributed by atoms with Crippen LogP contribution < -0.4 is 10.2 Å². The summed E-state index contributed by atoms with van der Waals surface area (Å²) in [7, 11) is 1.98. The Balaban J connectivity index is 2.28. The Morgan fingerprint density at radius 1 is 1.47 bits per heavy atom. The molecule has 0 bridgehead atoms. The molecule has 0 amide bonds. The molecular weight excluding hydrogens is 304 g/mol. The molecule has 1 aliphatic heterocycles. The van der Waals surface area contributed by atoms with Crippen LogP contribution in [0.15, 0.2) is 22.7 Å². The average molecular weight is 327 g/mol. The van der Waals surface area contributed by atoms with E-state index < -0.39 is 0 Å². The fourth-order valence-electron chi connectivity index (χ4n) is 2.67. The number of aliphatic hydroxyl groups excluding tert-OH is 1. The number of halogens is 1. The van der Waals surface area contributed by atoms with Crippen LogP contribution in [0.4, 0.5) is 5.69 Å². The first-order valence-corrected chi connectivity index (χ1v) is 7.72. The first-order chi connectivity index (χ1) is 9.02. The van der Waals surface area contributed by atoms with Gasteiger partial charge in [-0.05, 0) is 50.1 Å². The van der Waals surface area contributed by atoms with Gasteiger partial charge in [0.2, 0.25) is 0 Å². The van der Waals surface area contributed by atoms with E-state index in [-0.39, 0.29) is 6.10 Å². The fraction of sp³-hybridized carbons (Fsp3) is 0.600. The molecule has 3 atom stereocenters. The molecule has 2 rings (SSSR count). The lowest BCUT2D eigenvalue weighted by atomic mass is 9.95. The number of rotatable bonds is 3. The molecule has 0 spiro atoms. The maximum Gasteiger partial charge on any atom is 0.0599 e. The summed E-state index contributed by atoms with van der Waals surface area (Å²) in [5.74, 6) is 0.329. The van der Waals surface area contributed by atoms with Crippen LogP contribution in [0.5, 0.6) is 0 Å². The predicted molar refractivity (Wildman–Crippen MR) is 83.6 cm³/mol. The molecule has 1 aromatic carbocycles. The van der Waals surface area contributed by atoms with Crippen molar-refractivity contribution in [3.63, 3.8) is 0 Å². The SMILES string of the molecule is CNC(C)c1cc(Br)ccc1N1CCC(O)C(C)C1. The number of aliphatic hydroxyl groups is 1. The lowest BCUT2D eigenvalue weighted by Gasteiger charge is -2.37. The summed E-state index contributed by atoms with van der Waals surface area (Å²) >= 11 is 3.55. The first kappa shape index (κ1) is 14.8. The number of benzene rings is 1. The van der Waals surface area contributed by atoms with Crippen molar-refractivity contribution >= 4 is 21.6 Å². The molecule has 1 aliphatic rings. The summed E-state index contributed by atoms with van der Waals surface area (Å²) in [6.07, 6.45) is 0.696. The van der Waals surface area contributed by atoms with Gasteiger partial charge >= 0.3 is 0 Å². The Bertz CT molecular complexity index is 438. The third-order valence-corrected chi connectivity index (χ3v) is 4.58. The number of nitrogens with one attached hydrogen (secondary N) is 1. The zero-order valence-corrected chi connectivity index (χ0v) is 13.4. The smallest absolute Gasteiger partial charge is 0.0599 e. The Hall–Kier alpha value is -0.580. The maximum absolute atomic E-state index is 9.86. The van der Waals surface area contributed by atoms with Gasteiger partial charge in [-0.1, -0.05) is 22.9 Å². The van der Waals surface area contributed by atoms with Crippen molar-refractivity contribution in [3.05, 3.63) is 28.2 Å². The highest BCUT2D eigenvalue weighted by Gasteiger charge is 2.26. The molecule has 19 heavy (non-hydrogen) atoms. The summed E-state index contributed by atoms with van der Waals surface area (Å²) < 4.78 is 1.11. The van der Waals surface area contributed by atoms with Gasteiger partial charge in [-0.15, -0.1) is 0 Å². The highest BCUT2D eigenvalue weighted by molar-refractivity contribution is 9.10. The molecule has 1 fully saturated rings. The average Bonchev–Trinajstić information content (AvgIpc) is 2.41. The van der Waals surface area contributed by atoms with Crippen molar-refractivity contribution in [2.45, 2.75) is 32.4 Å². The fourth-order valence-corrected chi connectivity index (χ4v) is 3.05. The molecule has 0 saturated carbocycles. The van der Waals surface area contributed by atoms with Crippen molar-refractivity contribution in [2.75, 3.05) is 25.0 Å². The van der Waals surface area contributed by atoms with Crippen LogP contribution in [-0.2, 0) is 0 Å². The molecule has 1 heterocycles. The number of anilines is 1. The number of nitrogens with zero attached hydrogens (tertiary/aromatic N) is 1. The van der Waals surface area contributed by atoms with E-state index in [2.05, 4.69) is 58.2 Å². The van der Waals surface area contributed by atoms with E-state index in [4.69, 9.17) is 0 Å². The second-order valence-electron chi connectivity index (χ2n) is 5.49. The third kappa shape index (κ3) is 3.30. The zero-order chi connectivity index (χ0) is 14.0.